The summed E-state index contributed by atoms with van der Waals surface area (Å²) in [5, 5.41) is 6.84. The molecule has 0 aliphatic heterocycles. The lowest BCUT2D eigenvalue weighted by Crippen LogP contribution is -2.39. The van der Waals surface area contributed by atoms with E-state index < -0.39 is 5.97 Å². The van der Waals surface area contributed by atoms with Gasteiger partial charge in [-0.25, -0.2) is 4.79 Å². The molecule has 3 rings (SSSR count). The minimum absolute atomic E-state index is 0.179. The average molecular weight is 400 g/mol. The monoisotopic (exact) mass is 400 g/mol. The molecular formula is C22H28N2O5. The molecule has 0 atom stereocenters. The van der Waals surface area contributed by atoms with E-state index in [0.29, 0.717) is 29.6 Å². The SMILES string of the molecule is Cc1noc(C)c1COc1cccc(C(=O)OCC(=O)NC2CCC(C)CC2)c1. The molecule has 7 heteroatoms. The first-order valence-corrected chi connectivity index (χ1v) is 10.0. The molecule has 2 aromatic rings. The van der Waals surface area contributed by atoms with Crippen LogP contribution in [0.15, 0.2) is 28.8 Å². The Labute approximate surface area is 170 Å². The number of aromatic nitrogens is 1. The predicted octanol–water partition coefficient (Wildman–Crippen LogP) is 3.72. The van der Waals surface area contributed by atoms with Gasteiger partial charge in [0.1, 0.15) is 18.1 Å². The summed E-state index contributed by atoms with van der Waals surface area (Å²) in [5.74, 6) is 1.13. The number of hydrogen-bond donors (Lipinski definition) is 1. The molecule has 1 aliphatic rings. The molecule has 0 unspecified atom stereocenters. The van der Waals surface area contributed by atoms with E-state index in [0.717, 1.165) is 36.9 Å². The zero-order chi connectivity index (χ0) is 20.8. The van der Waals surface area contributed by atoms with Crippen LogP contribution in [-0.2, 0) is 16.1 Å². The third kappa shape index (κ3) is 5.82. The second kappa shape index (κ2) is 9.58. The lowest BCUT2D eigenvalue weighted by molar-refractivity contribution is -0.125. The van der Waals surface area contributed by atoms with Crippen LogP contribution in [0.1, 0.15) is 60.0 Å². The number of esters is 1. The lowest BCUT2D eigenvalue weighted by atomic mass is 9.87. The quantitative estimate of drug-likeness (QED) is 0.713. The highest BCUT2D eigenvalue weighted by atomic mass is 16.5. The maximum absolute atomic E-state index is 12.3. The largest absolute Gasteiger partial charge is 0.489 e. The third-order valence-electron chi connectivity index (χ3n) is 5.35. The van der Waals surface area contributed by atoms with Gasteiger partial charge in [0.25, 0.3) is 5.91 Å². The van der Waals surface area contributed by atoms with Crippen LogP contribution in [0.5, 0.6) is 5.75 Å². The van der Waals surface area contributed by atoms with Crippen LogP contribution in [-0.4, -0.2) is 29.7 Å². The zero-order valence-electron chi connectivity index (χ0n) is 17.2. The Bertz CT molecular complexity index is 833. The van der Waals surface area contributed by atoms with Crippen LogP contribution < -0.4 is 10.1 Å². The smallest absolute Gasteiger partial charge is 0.338 e. The van der Waals surface area contributed by atoms with Crippen molar-refractivity contribution in [1.29, 1.82) is 0 Å². The molecule has 7 nitrogen and oxygen atoms in total. The lowest BCUT2D eigenvalue weighted by Gasteiger charge is -2.26. The molecule has 0 spiro atoms. The number of nitrogens with zero attached hydrogens (tertiary/aromatic N) is 1. The number of nitrogens with one attached hydrogen (secondary N) is 1. The summed E-state index contributed by atoms with van der Waals surface area (Å²) in [4.78, 5) is 24.4. The fourth-order valence-electron chi connectivity index (χ4n) is 3.46. The molecule has 1 heterocycles. The van der Waals surface area contributed by atoms with Gasteiger partial charge in [0, 0.05) is 6.04 Å². The van der Waals surface area contributed by atoms with Gasteiger partial charge in [0.2, 0.25) is 0 Å². The Kier molecular flexibility index (Phi) is 6.90. The second-order valence-electron chi connectivity index (χ2n) is 7.72. The van der Waals surface area contributed by atoms with Gasteiger partial charge < -0.3 is 19.3 Å². The Hall–Kier alpha value is -2.83. The first kappa shape index (κ1) is 20.9. The molecule has 29 heavy (non-hydrogen) atoms. The van der Waals surface area contributed by atoms with E-state index >= 15 is 0 Å². The Morgan fingerprint density at radius 2 is 1.97 bits per heavy atom. The molecule has 1 aromatic heterocycles. The molecule has 1 fully saturated rings. The molecule has 1 aliphatic carbocycles. The first-order valence-electron chi connectivity index (χ1n) is 10.0. The fourth-order valence-corrected chi connectivity index (χ4v) is 3.46. The minimum atomic E-state index is -0.555. The summed E-state index contributed by atoms with van der Waals surface area (Å²) in [6.07, 6.45) is 4.19. The van der Waals surface area contributed by atoms with E-state index in [-0.39, 0.29) is 18.6 Å². The van der Waals surface area contributed by atoms with Crippen molar-refractivity contribution in [2.45, 2.75) is 59.1 Å². The van der Waals surface area contributed by atoms with E-state index in [1.807, 2.05) is 13.8 Å². The number of amides is 1. The maximum atomic E-state index is 12.3. The van der Waals surface area contributed by atoms with Crippen LogP contribution in [0.3, 0.4) is 0 Å². The summed E-state index contributed by atoms with van der Waals surface area (Å²) in [6, 6.07) is 6.87. The van der Waals surface area contributed by atoms with E-state index in [1.165, 1.54) is 0 Å². The van der Waals surface area contributed by atoms with Crippen molar-refractivity contribution < 1.29 is 23.6 Å². The molecular weight excluding hydrogens is 372 g/mol. The number of rotatable bonds is 7. The summed E-state index contributed by atoms with van der Waals surface area (Å²) in [5.41, 5.74) is 1.99. The van der Waals surface area contributed by atoms with Crippen LogP contribution in [0.2, 0.25) is 0 Å². The van der Waals surface area contributed by atoms with Gasteiger partial charge in [-0.05, 0) is 63.6 Å². The van der Waals surface area contributed by atoms with Crippen LogP contribution in [0.4, 0.5) is 0 Å². The van der Waals surface area contributed by atoms with Crippen molar-refractivity contribution in [3.05, 3.63) is 46.8 Å². The zero-order valence-corrected chi connectivity index (χ0v) is 17.2. The van der Waals surface area contributed by atoms with Crippen molar-refractivity contribution >= 4 is 11.9 Å². The van der Waals surface area contributed by atoms with E-state index in [4.69, 9.17) is 14.0 Å². The van der Waals surface area contributed by atoms with Crippen molar-refractivity contribution in [2.75, 3.05) is 6.61 Å². The molecule has 0 radical (unpaired) electrons. The number of carbonyl (C=O) groups is 2. The van der Waals surface area contributed by atoms with Gasteiger partial charge in [-0.2, -0.15) is 0 Å². The van der Waals surface area contributed by atoms with Crippen LogP contribution >= 0.6 is 0 Å². The van der Waals surface area contributed by atoms with E-state index in [1.54, 1.807) is 24.3 Å². The normalized spacial score (nSPS) is 18.9. The molecule has 1 N–H and O–H groups in total. The molecule has 0 saturated heterocycles. The van der Waals surface area contributed by atoms with Gasteiger partial charge in [0.15, 0.2) is 6.61 Å². The number of benzene rings is 1. The van der Waals surface area contributed by atoms with Crippen molar-refractivity contribution in [3.8, 4) is 5.75 Å². The Morgan fingerprint density at radius 1 is 1.21 bits per heavy atom. The number of carbonyl (C=O) groups excluding carboxylic acids is 2. The third-order valence-corrected chi connectivity index (χ3v) is 5.35. The van der Waals surface area contributed by atoms with Gasteiger partial charge in [-0.1, -0.05) is 18.1 Å². The van der Waals surface area contributed by atoms with Crippen LogP contribution in [0.25, 0.3) is 0 Å². The highest BCUT2D eigenvalue weighted by Gasteiger charge is 2.20. The van der Waals surface area contributed by atoms with E-state index in [9.17, 15) is 9.59 Å². The standard InChI is InChI=1S/C22H28N2O5/c1-14-7-9-18(10-8-14)23-21(25)13-28-22(26)17-5-4-6-19(11-17)27-12-20-15(2)24-29-16(20)3/h4-6,11,14,18H,7-10,12-13H2,1-3H3,(H,23,25). The van der Waals surface area contributed by atoms with E-state index in [2.05, 4.69) is 17.4 Å². The topological polar surface area (TPSA) is 90.7 Å². The first-order chi connectivity index (χ1) is 13.9. The average Bonchev–Trinajstić information content (AvgIpc) is 3.04. The maximum Gasteiger partial charge on any atom is 0.338 e. The molecule has 0 bridgehead atoms. The number of aryl methyl sites for hydroxylation is 2. The molecule has 1 aromatic carbocycles. The van der Waals surface area contributed by atoms with Crippen molar-refractivity contribution in [1.82, 2.24) is 10.5 Å². The minimum Gasteiger partial charge on any atom is -0.489 e. The molecule has 156 valence electrons. The van der Waals surface area contributed by atoms with Gasteiger partial charge in [0.05, 0.1) is 16.8 Å². The van der Waals surface area contributed by atoms with Gasteiger partial charge in [-0.3, -0.25) is 4.79 Å². The Balaban J connectivity index is 1.48. The summed E-state index contributed by atoms with van der Waals surface area (Å²) >= 11 is 0. The fraction of sp³-hybridized carbons (Fsp3) is 0.500. The van der Waals surface area contributed by atoms with Gasteiger partial charge in [-0.15, -0.1) is 0 Å². The van der Waals surface area contributed by atoms with Crippen molar-refractivity contribution in [2.24, 2.45) is 5.92 Å². The highest BCUT2D eigenvalue weighted by molar-refractivity contribution is 5.91. The number of ether oxygens (including phenoxy) is 2. The molecule has 1 amide bonds. The number of hydrogen-bond acceptors (Lipinski definition) is 6. The highest BCUT2D eigenvalue weighted by Crippen LogP contribution is 2.23. The summed E-state index contributed by atoms with van der Waals surface area (Å²) in [6.45, 7) is 5.91. The summed E-state index contributed by atoms with van der Waals surface area (Å²) in [7, 11) is 0. The van der Waals surface area contributed by atoms with Crippen LogP contribution in [0, 0.1) is 19.8 Å². The molecule has 1 saturated carbocycles. The van der Waals surface area contributed by atoms with Crippen molar-refractivity contribution in [3.63, 3.8) is 0 Å². The summed E-state index contributed by atoms with van der Waals surface area (Å²) < 4.78 is 16.0. The second-order valence-corrected chi connectivity index (χ2v) is 7.72. The predicted molar refractivity (Wildman–Crippen MR) is 107 cm³/mol. The van der Waals surface area contributed by atoms with Gasteiger partial charge >= 0.3 is 5.97 Å². The Morgan fingerprint density at radius 3 is 2.66 bits per heavy atom.